The third-order valence-corrected chi connectivity index (χ3v) is 5.33. The van der Waals surface area contributed by atoms with E-state index >= 15 is 0 Å². The Balaban J connectivity index is 2.39. The normalized spacial score (nSPS) is 20.8. The lowest BCUT2D eigenvalue weighted by molar-refractivity contribution is -0.147. The topological polar surface area (TPSA) is 48.0 Å². The summed E-state index contributed by atoms with van der Waals surface area (Å²) in [7, 11) is 4.87. The molecule has 0 aliphatic heterocycles. The average Bonchev–Trinajstić information content (AvgIpc) is 2.63. The van der Waals surface area contributed by atoms with Gasteiger partial charge >= 0.3 is 5.97 Å². The predicted molar refractivity (Wildman–Crippen MR) is 98.4 cm³/mol. The second kappa shape index (κ2) is 8.56. The van der Waals surface area contributed by atoms with Crippen LogP contribution in [0.5, 0.6) is 11.5 Å². The Morgan fingerprint density at radius 1 is 1.16 bits per heavy atom. The fraction of sp³-hybridized carbons (Fsp3) is 0.650. The smallest absolute Gasteiger partial charge is 0.322 e. The zero-order valence-electron chi connectivity index (χ0n) is 16.3. The molecule has 1 aliphatic carbocycles. The second-order valence-corrected chi connectivity index (χ2v) is 6.82. The first kappa shape index (κ1) is 19.6. The minimum Gasteiger partial charge on any atom is -0.496 e. The summed E-state index contributed by atoms with van der Waals surface area (Å²) in [6, 6.07) is 3.96. The third kappa shape index (κ3) is 3.92. The quantitative estimate of drug-likeness (QED) is 0.708. The summed E-state index contributed by atoms with van der Waals surface area (Å²) in [5, 5.41) is 0. The van der Waals surface area contributed by atoms with Gasteiger partial charge in [-0.05, 0) is 50.8 Å². The highest BCUT2D eigenvalue weighted by atomic mass is 16.5. The van der Waals surface area contributed by atoms with Crippen molar-refractivity contribution < 1.29 is 19.0 Å². The molecule has 5 nitrogen and oxygen atoms in total. The zero-order valence-corrected chi connectivity index (χ0v) is 16.3. The van der Waals surface area contributed by atoms with Crippen molar-refractivity contribution in [1.82, 2.24) is 4.90 Å². The van der Waals surface area contributed by atoms with Crippen LogP contribution >= 0.6 is 0 Å². The van der Waals surface area contributed by atoms with Crippen LogP contribution in [-0.2, 0) is 22.4 Å². The van der Waals surface area contributed by atoms with Crippen LogP contribution in [0.25, 0.3) is 0 Å². The highest BCUT2D eigenvalue weighted by Gasteiger charge is 2.36. The maximum absolute atomic E-state index is 12.1. The Morgan fingerprint density at radius 2 is 1.72 bits per heavy atom. The van der Waals surface area contributed by atoms with E-state index in [1.54, 1.807) is 14.2 Å². The summed E-state index contributed by atoms with van der Waals surface area (Å²) >= 11 is 0. The van der Waals surface area contributed by atoms with Crippen molar-refractivity contribution >= 4 is 5.97 Å². The predicted octanol–water partition coefficient (Wildman–Crippen LogP) is 3.08. The molecular weight excluding hydrogens is 318 g/mol. The molecular formula is C20H31NO4. The maximum Gasteiger partial charge on any atom is 0.322 e. The molecule has 3 atom stereocenters. The van der Waals surface area contributed by atoms with Gasteiger partial charge in [0.1, 0.15) is 17.5 Å². The molecule has 2 rings (SSSR count). The molecule has 0 fully saturated rings. The van der Waals surface area contributed by atoms with Crippen LogP contribution in [0.15, 0.2) is 12.1 Å². The van der Waals surface area contributed by atoms with Crippen molar-refractivity contribution in [3.63, 3.8) is 0 Å². The van der Waals surface area contributed by atoms with E-state index in [4.69, 9.17) is 14.2 Å². The van der Waals surface area contributed by atoms with Crippen LogP contribution < -0.4 is 9.47 Å². The van der Waals surface area contributed by atoms with Gasteiger partial charge in [0.2, 0.25) is 0 Å². The average molecular weight is 349 g/mol. The Bertz CT molecular complexity index is 602. The van der Waals surface area contributed by atoms with Crippen LogP contribution in [0, 0.1) is 5.92 Å². The Morgan fingerprint density at radius 3 is 2.20 bits per heavy atom. The summed E-state index contributed by atoms with van der Waals surface area (Å²) in [4.78, 5) is 14.4. The number of carbonyl (C=O) groups is 1. The number of esters is 1. The highest BCUT2D eigenvalue weighted by Crippen LogP contribution is 2.39. The van der Waals surface area contributed by atoms with Crippen molar-refractivity contribution in [2.24, 2.45) is 5.92 Å². The molecule has 140 valence electrons. The molecule has 5 heteroatoms. The fourth-order valence-corrected chi connectivity index (χ4v) is 4.00. The number of nitrogens with zero attached hydrogens (tertiary/aromatic N) is 1. The molecule has 0 N–H and O–H groups in total. The summed E-state index contributed by atoms with van der Waals surface area (Å²) < 4.78 is 16.2. The van der Waals surface area contributed by atoms with Gasteiger partial charge in [-0.1, -0.05) is 13.8 Å². The molecule has 0 heterocycles. The molecule has 0 aromatic heterocycles. The molecule has 3 unspecified atom stereocenters. The highest BCUT2D eigenvalue weighted by molar-refractivity contribution is 5.75. The SMILES string of the molecule is CCCN(C(C)C(=O)OC)C1Cc2c(OC)ccc(OC)c2CC1C. The maximum atomic E-state index is 12.1. The first-order valence-electron chi connectivity index (χ1n) is 9.04. The number of benzene rings is 1. The van der Waals surface area contributed by atoms with Gasteiger partial charge in [0.15, 0.2) is 0 Å². The van der Waals surface area contributed by atoms with E-state index in [0.717, 1.165) is 37.3 Å². The Kier molecular flexibility index (Phi) is 6.71. The second-order valence-electron chi connectivity index (χ2n) is 6.82. The van der Waals surface area contributed by atoms with Gasteiger partial charge in [-0.2, -0.15) is 0 Å². The number of hydrogen-bond donors (Lipinski definition) is 0. The molecule has 0 saturated carbocycles. The van der Waals surface area contributed by atoms with Crippen molar-refractivity contribution in [2.45, 2.75) is 52.1 Å². The minimum atomic E-state index is -0.254. The first-order valence-corrected chi connectivity index (χ1v) is 9.04. The van der Waals surface area contributed by atoms with Crippen LogP contribution in [-0.4, -0.2) is 50.8 Å². The molecule has 0 amide bonds. The number of ether oxygens (including phenoxy) is 3. The number of hydrogen-bond acceptors (Lipinski definition) is 5. The molecule has 25 heavy (non-hydrogen) atoms. The van der Waals surface area contributed by atoms with Gasteiger partial charge in [-0.3, -0.25) is 9.69 Å². The number of rotatable bonds is 7. The van der Waals surface area contributed by atoms with Crippen molar-refractivity contribution in [3.05, 3.63) is 23.3 Å². The van der Waals surface area contributed by atoms with Crippen molar-refractivity contribution in [3.8, 4) is 11.5 Å². The monoisotopic (exact) mass is 349 g/mol. The molecule has 1 aromatic rings. The molecule has 0 bridgehead atoms. The molecule has 0 spiro atoms. The number of carbonyl (C=O) groups excluding carboxylic acids is 1. The van der Waals surface area contributed by atoms with Crippen LogP contribution in [0.3, 0.4) is 0 Å². The van der Waals surface area contributed by atoms with Gasteiger partial charge in [-0.15, -0.1) is 0 Å². The van der Waals surface area contributed by atoms with E-state index < -0.39 is 0 Å². The van der Waals surface area contributed by atoms with E-state index in [-0.39, 0.29) is 18.1 Å². The first-order chi connectivity index (χ1) is 12.0. The summed E-state index contributed by atoms with van der Waals surface area (Å²) in [5.74, 6) is 2.05. The van der Waals surface area contributed by atoms with E-state index in [9.17, 15) is 4.79 Å². The van der Waals surface area contributed by atoms with Crippen molar-refractivity contribution in [1.29, 1.82) is 0 Å². The molecule has 0 saturated heterocycles. The van der Waals surface area contributed by atoms with Crippen LogP contribution in [0.1, 0.15) is 38.3 Å². The van der Waals surface area contributed by atoms with Gasteiger partial charge in [0.25, 0.3) is 0 Å². The minimum absolute atomic E-state index is 0.177. The Hall–Kier alpha value is -1.75. The van der Waals surface area contributed by atoms with E-state index in [0.29, 0.717) is 5.92 Å². The zero-order chi connectivity index (χ0) is 18.6. The summed E-state index contributed by atoms with van der Waals surface area (Å²) in [6.45, 7) is 7.20. The molecule has 1 aliphatic rings. The summed E-state index contributed by atoms with van der Waals surface area (Å²) in [5.41, 5.74) is 2.43. The Labute approximate surface area is 151 Å². The lowest BCUT2D eigenvalue weighted by atomic mass is 9.79. The van der Waals surface area contributed by atoms with Gasteiger partial charge in [0.05, 0.1) is 21.3 Å². The van der Waals surface area contributed by atoms with Gasteiger partial charge in [-0.25, -0.2) is 0 Å². The lowest BCUT2D eigenvalue weighted by Crippen LogP contribution is -2.51. The van der Waals surface area contributed by atoms with E-state index in [2.05, 4.69) is 18.7 Å². The standard InChI is InChI=1S/C20H31NO4/c1-7-10-21(14(3)20(22)25-6)17-12-16-15(11-13(17)2)18(23-4)8-9-19(16)24-5/h8-9,13-14,17H,7,10-12H2,1-6H3. The third-order valence-electron chi connectivity index (χ3n) is 5.33. The van der Waals surface area contributed by atoms with E-state index in [1.165, 1.54) is 18.2 Å². The fourth-order valence-electron chi connectivity index (χ4n) is 4.00. The van der Waals surface area contributed by atoms with Gasteiger partial charge in [0, 0.05) is 17.2 Å². The largest absolute Gasteiger partial charge is 0.496 e. The molecule has 1 aromatic carbocycles. The van der Waals surface area contributed by atoms with Gasteiger partial charge < -0.3 is 14.2 Å². The van der Waals surface area contributed by atoms with Crippen LogP contribution in [0.4, 0.5) is 0 Å². The summed E-state index contributed by atoms with van der Waals surface area (Å²) in [6.07, 6.45) is 2.75. The van der Waals surface area contributed by atoms with Crippen LogP contribution in [0.2, 0.25) is 0 Å². The van der Waals surface area contributed by atoms with Crippen molar-refractivity contribution in [2.75, 3.05) is 27.9 Å². The van der Waals surface area contributed by atoms with E-state index in [1.807, 2.05) is 19.1 Å². The molecule has 0 radical (unpaired) electrons. The lowest BCUT2D eigenvalue weighted by Gasteiger charge is -2.42. The number of fused-ring (bicyclic) bond motifs is 1. The number of methoxy groups -OCH3 is 3.